The summed E-state index contributed by atoms with van der Waals surface area (Å²) in [4.78, 5) is 4.12. The Labute approximate surface area is 88.9 Å². The average molecular weight is 209 g/mol. The van der Waals surface area contributed by atoms with E-state index < -0.39 is 0 Å². The molecule has 2 rings (SSSR count). The van der Waals surface area contributed by atoms with Gasteiger partial charge in [0.15, 0.2) is 5.65 Å². The van der Waals surface area contributed by atoms with Crippen LogP contribution in [0.3, 0.4) is 0 Å². The van der Waals surface area contributed by atoms with E-state index in [0.717, 1.165) is 16.7 Å². The van der Waals surface area contributed by atoms with E-state index >= 15 is 0 Å². The molecule has 0 unspecified atom stereocenters. The molecule has 0 spiro atoms. The van der Waals surface area contributed by atoms with Gasteiger partial charge >= 0.3 is 0 Å². The van der Waals surface area contributed by atoms with E-state index in [1.165, 1.54) is 6.07 Å². The quantitative estimate of drug-likeness (QED) is 0.668. The number of hydrogen-bond acceptors (Lipinski definition) is 2. The first-order valence-corrected chi connectivity index (χ1v) is 5.06. The summed E-state index contributed by atoms with van der Waals surface area (Å²) in [6.07, 6.45) is 0. The van der Waals surface area contributed by atoms with Crippen molar-refractivity contribution in [2.24, 2.45) is 7.05 Å². The number of rotatable bonds is 0. The van der Waals surface area contributed by atoms with Crippen molar-refractivity contribution in [3.8, 4) is 0 Å². The Hall–Kier alpha value is -1.45. The van der Waals surface area contributed by atoms with E-state index in [0.29, 0.717) is 5.69 Å². The fourth-order valence-corrected chi connectivity index (χ4v) is 1.41. The van der Waals surface area contributed by atoms with E-state index in [4.69, 9.17) is 0 Å². The Morgan fingerprint density at radius 2 is 1.80 bits per heavy atom. The molecule has 0 aliphatic carbocycles. The summed E-state index contributed by atoms with van der Waals surface area (Å²) in [7, 11) is 1.81. The molecule has 2 aromatic heterocycles. The van der Waals surface area contributed by atoms with Crippen LogP contribution in [-0.2, 0) is 7.05 Å². The van der Waals surface area contributed by atoms with Gasteiger partial charge in [-0.1, -0.05) is 13.8 Å². The van der Waals surface area contributed by atoms with Crippen LogP contribution >= 0.6 is 0 Å². The van der Waals surface area contributed by atoms with Gasteiger partial charge in [-0.15, -0.1) is 0 Å². The second kappa shape index (κ2) is 4.38. The zero-order valence-corrected chi connectivity index (χ0v) is 9.80. The smallest absolute Gasteiger partial charge is 0.158 e. The number of halogens is 1. The van der Waals surface area contributed by atoms with Gasteiger partial charge in [-0.3, -0.25) is 4.68 Å². The largest absolute Gasteiger partial charge is 0.250 e. The third-order valence-corrected chi connectivity index (χ3v) is 2.13. The minimum atomic E-state index is -0.274. The highest BCUT2D eigenvalue weighted by Crippen LogP contribution is 2.17. The van der Waals surface area contributed by atoms with Crippen LogP contribution in [0, 0.1) is 19.7 Å². The number of hydrogen-bond donors (Lipinski definition) is 0. The monoisotopic (exact) mass is 209 g/mol. The summed E-state index contributed by atoms with van der Waals surface area (Å²) in [5.41, 5.74) is 1.95. The van der Waals surface area contributed by atoms with E-state index in [2.05, 4.69) is 10.1 Å². The first kappa shape index (κ1) is 11.6. The van der Waals surface area contributed by atoms with Crippen molar-refractivity contribution >= 4 is 11.0 Å². The topological polar surface area (TPSA) is 30.7 Å². The Balaban J connectivity index is 0.000000531. The Bertz CT molecular complexity index is 432. The lowest BCUT2D eigenvalue weighted by atomic mass is 10.2. The molecule has 82 valence electrons. The van der Waals surface area contributed by atoms with Gasteiger partial charge < -0.3 is 0 Å². The van der Waals surface area contributed by atoms with Crippen molar-refractivity contribution in [2.45, 2.75) is 27.7 Å². The fraction of sp³-hybridized carbons (Fsp3) is 0.455. The number of aromatic nitrogens is 3. The molecule has 15 heavy (non-hydrogen) atoms. The molecule has 0 amide bonds. The third kappa shape index (κ3) is 1.98. The summed E-state index contributed by atoms with van der Waals surface area (Å²) in [5.74, 6) is -0.274. The summed E-state index contributed by atoms with van der Waals surface area (Å²) in [6.45, 7) is 7.50. The summed E-state index contributed by atoms with van der Waals surface area (Å²) in [6, 6.07) is 1.49. The van der Waals surface area contributed by atoms with Gasteiger partial charge in [-0.05, 0) is 19.9 Å². The van der Waals surface area contributed by atoms with Crippen LogP contribution in [0.4, 0.5) is 4.39 Å². The van der Waals surface area contributed by atoms with Crippen molar-refractivity contribution < 1.29 is 4.39 Å². The number of fused-ring (bicyclic) bond motifs is 1. The minimum absolute atomic E-state index is 0.274. The fourth-order valence-electron chi connectivity index (χ4n) is 1.41. The van der Waals surface area contributed by atoms with E-state index in [1.807, 2.05) is 20.8 Å². The predicted molar refractivity (Wildman–Crippen MR) is 59.3 cm³/mol. The Morgan fingerprint density at radius 3 is 2.40 bits per heavy atom. The molecule has 0 aliphatic heterocycles. The molecular formula is C11H16FN3. The van der Waals surface area contributed by atoms with Crippen LogP contribution in [0.2, 0.25) is 0 Å². The summed E-state index contributed by atoms with van der Waals surface area (Å²) >= 11 is 0. The summed E-state index contributed by atoms with van der Waals surface area (Å²) < 4.78 is 14.8. The van der Waals surface area contributed by atoms with Crippen molar-refractivity contribution in [3.63, 3.8) is 0 Å². The average Bonchev–Trinajstić information content (AvgIpc) is 2.48. The zero-order chi connectivity index (χ0) is 11.6. The van der Waals surface area contributed by atoms with Gasteiger partial charge in [0.1, 0.15) is 5.82 Å². The zero-order valence-electron chi connectivity index (χ0n) is 9.80. The van der Waals surface area contributed by atoms with Crippen LogP contribution in [0.25, 0.3) is 11.0 Å². The molecule has 0 fully saturated rings. The first-order valence-electron chi connectivity index (χ1n) is 5.06. The lowest BCUT2D eigenvalue weighted by Gasteiger charge is -1.96. The van der Waals surface area contributed by atoms with Crippen molar-refractivity contribution in [1.82, 2.24) is 14.8 Å². The second-order valence-electron chi connectivity index (χ2n) is 3.14. The standard InChI is InChI=1S/C9H10FN3.C2H6/c1-5-7-4-8(10)6(2)11-9(7)13(3)12-5;1-2/h4H,1-3H3;1-2H3. The Kier molecular flexibility index (Phi) is 3.39. The van der Waals surface area contributed by atoms with Crippen molar-refractivity contribution in [2.75, 3.05) is 0 Å². The van der Waals surface area contributed by atoms with Crippen LogP contribution in [0.1, 0.15) is 25.2 Å². The molecule has 0 radical (unpaired) electrons. The third-order valence-electron chi connectivity index (χ3n) is 2.13. The molecule has 0 bridgehead atoms. The molecule has 0 aliphatic rings. The predicted octanol–water partition coefficient (Wildman–Crippen LogP) is 2.75. The highest BCUT2D eigenvalue weighted by atomic mass is 19.1. The van der Waals surface area contributed by atoms with Gasteiger partial charge in [-0.25, -0.2) is 9.37 Å². The highest BCUT2D eigenvalue weighted by molar-refractivity contribution is 5.78. The molecule has 0 saturated carbocycles. The van der Waals surface area contributed by atoms with Gasteiger partial charge in [-0.2, -0.15) is 5.10 Å². The maximum Gasteiger partial charge on any atom is 0.158 e. The van der Waals surface area contributed by atoms with E-state index in [9.17, 15) is 4.39 Å². The SMILES string of the molecule is CC.Cc1nc2c(cc1F)c(C)nn2C. The van der Waals surface area contributed by atoms with Gasteiger partial charge in [0.25, 0.3) is 0 Å². The molecule has 0 saturated heterocycles. The molecule has 0 aromatic carbocycles. The van der Waals surface area contributed by atoms with E-state index in [1.54, 1.807) is 18.7 Å². The molecule has 2 heterocycles. The van der Waals surface area contributed by atoms with Crippen molar-refractivity contribution in [3.05, 3.63) is 23.3 Å². The second-order valence-corrected chi connectivity index (χ2v) is 3.14. The lowest BCUT2D eigenvalue weighted by Crippen LogP contribution is -1.94. The lowest BCUT2D eigenvalue weighted by molar-refractivity contribution is 0.612. The van der Waals surface area contributed by atoms with Gasteiger partial charge in [0.2, 0.25) is 0 Å². The van der Waals surface area contributed by atoms with Crippen LogP contribution in [0.15, 0.2) is 6.07 Å². The molecule has 0 atom stereocenters. The minimum Gasteiger partial charge on any atom is -0.250 e. The van der Waals surface area contributed by atoms with Crippen LogP contribution < -0.4 is 0 Å². The van der Waals surface area contributed by atoms with Gasteiger partial charge in [0.05, 0.1) is 11.4 Å². The Morgan fingerprint density at radius 1 is 1.20 bits per heavy atom. The molecule has 0 N–H and O–H groups in total. The van der Waals surface area contributed by atoms with E-state index in [-0.39, 0.29) is 5.82 Å². The highest BCUT2D eigenvalue weighted by Gasteiger charge is 2.09. The maximum atomic E-state index is 13.1. The normalized spacial score (nSPS) is 10.0. The number of nitrogens with zero attached hydrogens (tertiary/aromatic N) is 3. The summed E-state index contributed by atoms with van der Waals surface area (Å²) in [5, 5.41) is 4.94. The number of pyridine rings is 1. The van der Waals surface area contributed by atoms with Crippen LogP contribution in [0.5, 0.6) is 0 Å². The molecule has 2 aromatic rings. The van der Waals surface area contributed by atoms with Crippen LogP contribution in [-0.4, -0.2) is 14.8 Å². The number of aryl methyl sites for hydroxylation is 3. The molecular weight excluding hydrogens is 193 g/mol. The molecule has 3 nitrogen and oxygen atoms in total. The van der Waals surface area contributed by atoms with Crippen molar-refractivity contribution in [1.29, 1.82) is 0 Å². The molecule has 4 heteroatoms. The maximum absolute atomic E-state index is 13.1. The first-order chi connectivity index (χ1) is 7.09. The van der Waals surface area contributed by atoms with Gasteiger partial charge in [0, 0.05) is 12.4 Å².